The molecule has 0 aliphatic heterocycles. The van der Waals surface area contributed by atoms with Crippen LogP contribution in [0.2, 0.25) is 0 Å². The molecule has 28 heavy (non-hydrogen) atoms. The summed E-state index contributed by atoms with van der Waals surface area (Å²) in [5.41, 5.74) is 0.474. The van der Waals surface area contributed by atoms with E-state index in [1.54, 1.807) is 41.5 Å². The number of nitrogens with one attached hydrogen (secondary N) is 2. The molecule has 1 aromatic rings. The number of hydrogen-bond acceptors (Lipinski definition) is 4. The van der Waals surface area contributed by atoms with E-state index in [1.807, 2.05) is 24.3 Å². The van der Waals surface area contributed by atoms with Gasteiger partial charge in [0.15, 0.2) is 0 Å². The molecule has 0 saturated heterocycles. The van der Waals surface area contributed by atoms with Crippen molar-refractivity contribution < 1.29 is 19.1 Å². The Morgan fingerprint density at radius 2 is 1.21 bits per heavy atom. The maximum absolute atomic E-state index is 11.5. The van der Waals surface area contributed by atoms with Crippen molar-refractivity contribution in [3.63, 3.8) is 0 Å². The smallest absolute Gasteiger partial charge is 0.408 e. The predicted molar refractivity (Wildman–Crippen MR) is 109 cm³/mol. The summed E-state index contributed by atoms with van der Waals surface area (Å²) in [5, 5.41) is 5.16. The highest BCUT2D eigenvalue weighted by atomic mass is 16.6. The molecule has 0 bridgehead atoms. The van der Waals surface area contributed by atoms with Gasteiger partial charge in [0.1, 0.15) is 11.2 Å². The van der Waals surface area contributed by atoms with Crippen molar-refractivity contribution in [1.29, 1.82) is 0 Å². The van der Waals surface area contributed by atoms with Crippen molar-refractivity contribution in [2.75, 3.05) is 13.1 Å². The van der Waals surface area contributed by atoms with Gasteiger partial charge in [0.25, 0.3) is 0 Å². The second-order valence-electron chi connectivity index (χ2n) is 7.90. The normalized spacial score (nSPS) is 10.5. The van der Waals surface area contributed by atoms with Gasteiger partial charge < -0.3 is 20.1 Å². The monoisotopic (exact) mass is 384 g/mol. The van der Waals surface area contributed by atoms with E-state index in [9.17, 15) is 9.59 Å². The Hall–Kier alpha value is -3.12. The summed E-state index contributed by atoms with van der Waals surface area (Å²) in [6, 6.07) is 7.38. The van der Waals surface area contributed by atoms with Gasteiger partial charge >= 0.3 is 12.2 Å². The summed E-state index contributed by atoms with van der Waals surface area (Å²) >= 11 is 0. The SMILES string of the molecule is CC(C)(C)OC(=O)NCC#Cc1cccc(C#CCNC(=O)OC(C)(C)C)c1. The minimum atomic E-state index is -0.539. The van der Waals surface area contributed by atoms with Crippen molar-refractivity contribution in [3.8, 4) is 23.7 Å². The Bertz CT molecular complexity index is 744. The lowest BCUT2D eigenvalue weighted by atomic mass is 10.1. The summed E-state index contributed by atoms with van der Waals surface area (Å²) in [6.45, 7) is 11.2. The van der Waals surface area contributed by atoms with E-state index in [-0.39, 0.29) is 13.1 Å². The third-order valence-corrected chi connectivity index (χ3v) is 2.77. The first-order valence-corrected chi connectivity index (χ1v) is 8.96. The van der Waals surface area contributed by atoms with Gasteiger partial charge in [-0.3, -0.25) is 0 Å². The minimum absolute atomic E-state index is 0.185. The van der Waals surface area contributed by atoms with Crippen molar-refractivity contribution in [2.24, 2.45) is 0 Å². The summed E-state index contributed by atoms with van der Waals surface area (Å²) in [5.74, 6) is 11.7. The van der Waals surface area contributed by atoms with E-state index in [0.29, 0.717) is 0 Å². The topological polar surface area (TPSA) is 76.7 Å². The molecule has 0 saturated carbocycles. The predicted octanol–water partition coefficient (Wildman–Crippen LogP) is 3.44. The Morgan fingerprint density at radius 3 is 1.57 bits per heavy atom. The molecule has 150 valence electrons. The molecule has 1 aromatic carbocycles. The highest BCUT2D eigenvalue weighted by Crippen LogP contribution is 2.07. The third-order valence-electron chi connectivity index (χ3n) is 2.77. The van der Waals surface area contributed by atoms with Gasteiger partial charge in [0.05, 0.1) is 13.1 Å². The molecule has 1 rings (SSSR count). The van der Waals surface area contributed by atoms with E-state index in [1.165, 1.54) is 0 Å². The van der Waals surface area contributed by atoms with E-state index < -0.39 is 23.4 Å². The second kappa shape index (κ2) is 10.3. The molecule has 6 heteroatoms. The molecule has 0 aliphatic rings. The van der Waals surface area contributed by atoms with Crippen LogP contribution in [-0.2, 0) is 9.47 Å². The number of amides is 2. The minimum Gasteiger partial charge on any atom is -0.444 e. The van der Waals surface area contributed by atoms with Crippen LogP contribution in [0.4, 0.5) is 9.59 Å². The number of rotatable bonds is 2. The number of ether oxygens (including phenoxy) is 2. The Kier molecular flexibility index (Phi) is 8.41. The van der Waals surface area contributed by atoms with Crippen molar-refractivity contribution >= 4 is 12.2 Å². The summed E-state index contributed by atoms with van der Waals surface area (Å²) in [6.07, 6.45) is -1.00. The lowest BCUT2D eigenvalue weighted by Gasteiger charge is -2.19. The van der Waals surface area contributed by atoms with Gasteiger partial charge in [0.2, 0.25) is 0 Å². The van der Waals surface area contributed by atoms with E-state index in [0.717, 1.165) is 11.1 Å². The van der Waals surface area contributed by atoms with Crippen molar-refractivity contribution in [3.05, 3.63) is 35.4 Å². The number of benzene rings is 1. The summed E-state index contributed by atoms with van der Waals surface area (Å²) in [7, 11) is 0. The highest BCUT2D eigenvalue weighted by Gasteiger charge is 2.15. The Balaban J connectivity index is 2.51. The van der Waals surface area contributed by atoms with Gasteiger partial charge in [-0.15, -0.1) is 0 Å². The van der Waals surface area contributed by atoms with Crippen LogP contribution in [-0.4, -0.2) is 36.5 Å². The van der Waals surface area contributed by atoms with Gasteiger partial charge in [0, 0.05) is 11.1 Å². The molecular formula is C22H28N2O4. The van der Waals surface area contributed by atoms with Crippen LogP contribution in [0.25, 0.3) is 0 Å². The first-order valence-electron chi connectivity index (χ1n) is 8.96. The zero-order valence-corrected chi connectivity index (χ0v) is 17.4. The standard InChI is InChI=1S/C22H28N2O4/c1-21(2,3)27-19(25)23-14-8-12-17-10-7-11-18(16-17)13-9-15-24-20(26)28-22(4,5)6/h7,10-11,16H,14-15H2,1-6H3,(H,23,25)(H,24,26). The molecule has 0 radical (unpaired) electrons. The fraction of sp³-hybridized carbons (Fsp3) is 0.455. The number of carbonyl (C=O) groups excluding carboxylic acids is 2. The first-order chi connectivity index (χ1) is 12.9. The molecule has 0 fully saturated rings. The lowest BCUT2D eigenvalue weighted by molar-refractivity contribution is 0.0523. The molecule has 6 nitrogen and oxygen atoms in total. The van der Waals surface area contributed by atoms with Gasteiger partial charge in [-0.25, -0.2) is 9.59 Å². The average Bonchev–Trinajstić information content (AvgIpc) is 2.53. The maximum Gasteiger partial charge on any atom is 0.408 e. The number of carbonyl (C=O) groups is 2. The van der Waals surface area contributed by atoms with E-state index >= 15 is 0 Å². The molecule has 2 N–H and O–H groups in total. The average molecular weight is 384 g/mol. The molecule has 0 unspecified atom stereocenters. The van der Waals surface area contributed by atoms with E-state index in [4.69, 9.17) is 9.47 Å². The summed E-state index contributed by atoms with van der Waals surface area (Å²) < 4.78 is 10.3. The fourth-order valence-electron chi connectivity index (χ4n) is 1.83. The number of hydrogen-bond donors (Lipinski definition) is 2. The van der Waals surface area contributed by atoms with Crippen molar-refractivity contribution in [1.82, 2.24) is 10.6 Å². The largest absolute Gasteiger partial charge is 0.444 e. The number of alkyl carbamates (subject to hydrolysis) is 2. The summed E-state index contributed by atoms with van der Waals surface area (Å²) in [4.78, 5) is 23.1. The van der Waals surface area contributed by atoms with Gasteiger partial charge in [-0.05, 0) is 59.7 Å². The van der Waals surface area contributed by atoms with Crippen molar-refractivity contribution in [2.45, 2.75) is 52.7 Å². The van der Waals surface area contributed by atoms with Crippen LogP contribution in [0, 0.1) is 23.7 Å². The van der Waals surface area contributed by atoms with Crippen LogP contribution < -0.4 is 10.6 Å². The van der Waals surface area contributed by atoms with Crippen LogP contribution in [0.3, 0.4) is 0 Å². The highest BCUT2D eigenvalue weighted by molar-refractivity contribution is 5.68. The van der Waals surface area contributed by atoms with Crippen LogP contribution in [0.5, 0.6) is 0 Å². The van der Waals surface area contributed by atoms with Crippen LogP contribution >= 0.6 is 0 Å². The Labute approximate surface area is 167 Å². The molecule has 0 aromatic heterocycles. The third kappa shape index (κ3) is 11.5. The zero-order chi connectivity index (χ0) is 21.2. The van der Waals surface area contributed by atoms with E-state index in [2.05, 4.69) is 34.3 Å². The first kappa shape index (κ1) is 22.9. The molecule has 0 heterocycles. The second-order valence-corrected chi connectivity index (χ2v) is 7.90. The molecule has 0 aliphatic carbocycles. The molecular weight excluding hydrogens is 356 g/mol. The fourth-order valence-corrected chi connectivity index (χ4v) is 1.83. The quantitative estimate of drug-likeness (QED) is 0.766. The van der Waals surface area contributed by atoms with Gasteiger partial charge in [-0.2, -0.15) is 0 Å². The van der Waals surface area contributed by atoms with Crippen LogP contribution in [0.15, 0.2) is 24.3 Å². The maximum atomic E-state index is 11.5. The molecule has 0 atom stereocenters. The Morgan fingerprint density at radius 1 is 0.821 bits per heavy atom. The van der Waals surface area contributed by atoms with Crippen LogP contribution in [0.1, 0.15) is 52.7 Å². The lowest BCUT2D eigenvalue weighted by Crippen LogP contribution is -2.32. The van der Waals surface area contributed by atoms with Gasteiger partial charge in [-0.1, -0.05) is 29.7 Å². The zero-order valence-electron chi connectivity index (χ0n) is 17.4. The molecule has 0 spiro atoms. The molecule has 2 amide bonds.